The molecule has 0 bridgehead atoms. The predicted molar refractivity (Wildman–Crippen MR) is 104 cm³/mol. The van der Waals surface area contributed by atoms with Gasteiger partial charge in [0.1, 0.15) is 5.83 Å². The molecule has 30 heavy (non-hydrogen) atoms. The van der Waals surface area contributed by atoms with Crippen molar-refractivity contribution in [1.29, 1.82) is 0 Å². The summed E-state index contributed by atoms with van der Waals surface area (Å²) in [7, 11) is 0. The van der Waals surface area contributed by atoms with Crippen LogP contribution in [0.2, 0.25) is 0 Å². The largest absolute Gasteiger partial charge is 0.348 e. The Morgan fingerprint density at radius 3 is 2.17 bits per heavy atom. The lowest BCUT2D eigenvalue weighted by Gasteiger charge is -2.28. The van der Waals surface area contributed by atoms with Crippen molar-refractivity contribution in [3.8, 4) is 0 Å². The maximum absolute atomic E-state index is 14.0. The third-order valence-electron chi connectivity index (χ3n) is 4.72. The van der Waals surface area contributed by atoms with E-state index in [-0.39, 0.29) is 23.5 Å². The Labute approximate surface area is 171 Å². The minimum Gasteiger partial charge on any atom is -0.348 e. The maximum atomic E-state index is 14.0. The molecule has 0 spiro atoms. The van der Waals surface area contributed by atoms with Gasteiger partial charge in [-0.1, -0.05) is 37.3 Å². The second-order valence-corrected chi connectivity index (χ2v) is 6.98. The van der Waals surface area contributed by atoms with E-state index in [1.165, 1.54) is 24.3 Å². The topological polar surface area (TPSA) is 18.5 Å². The molecule has 0 atom stereocenters. The summed E-state index contributed by atoms with van der Waals surface area (Å²) in [6.45, 7) is 2.39. The van der Waals surface area contributed by atoms with Crippen LogP contribution in [0.15, 0.2) is 48.3 Å². The van der Waals surface area contributed by atoms with Gasteiger partial charge in [-0.2, -0.15) is 0 Å². The summed E-state index contributed by atoms with van der Waals surface area (Å²) in [6.07, 6.45) is 2.71. The zero-order chi connectivity index (χ0) is 21.7. The minimum atomic E-state index is -1.52. The summed E-state index contributed by atoms with van der Waals surface area (Å²) in [5.41, 5.74) is 1.18. The van der Waals surface area contributed by atoms with Crippen molar-refractivity contribution in [3.63, 3.8) is 0 Å². The average Bonchev–Trinajstić information content (AvgIpc) is 2.76. The Morgan fingerprint density at radius 1 is 1.00 bits per heavy atom. The van der Waals surface area contributed by atoms with Crippen LogP contribution in [0.5, 0.6) is 0 Å². The van der Waals surface area contributed by atoms with E-state index in [0.29, 0.717) is 19.6 Å². The molecule has 160 valence electrons. The van der Waals surface area contributed by atoms with Crippen molar-refractivity contribution in [3.05, 3.63) is 82.4 Å². The number of halogens is 5. The van der Waals surface area contributed by atoms with Crippen LogP contribution < -0.4 is 0 Å². The van der Waals surface area contributed by atoms with E-state index in [2.05, 4.69) is 0 Å². The molecule has 0 unspecified atom stereocenters. The van der Waals surface area contributed by atoms with Crippen molar-refractivity contribution < 1.29 is 31.4 Å². The molecule has 0 N–H and O–H groups in total. The van der Waals surface area contributed by atoms with Crippen molar-refractivity contribution in [2.24, 2.45) is 0 Å². The van der Waals surface area contributed by atoms with Crippen molar-refractivity contribution >= 4 is 11.9 Å². The van der Waals surface area contributed by atoms with E-state index in [4.69, 9.17) is 9.47 Å². The smallest absolute Gasteiger partial charge is 0.194 e. The molecule has 1 aliphatic heterocycles. The van der Waals surface area contributed by atoms with E-state index in [1.54, 1.807) is 19.1 Å². The van der Waals surface area contributed by atoms with Crippen LogP contribution in [0.3, 0.4) is 0 Å². The molecule has 0 amide bonds. The molecule has 0 saturated carbocycles. The Morgan fingerprint density at radius 2 is 1.60 bits per heavy atom. The standard InChI is InChI=1S/C23H21F5O2/c1-2-3-18(24)22(27)16-7-5-15(6-8-16)17-12-29-21(30-13-17)9-4-14-10-19(25)23(28)20(26)11-14/h4-11,17,21H,2-3,12-13H2,1H3. The van der Waals surface area contributed by atoms with Crippen LogP contribution in [0, 0.1) is 17.5 Å². The molecule has 1 heterocycles. The van der Waals surface area contributed by atoms with Gasteiger partial charge in [0, 0.05) is 17.9 Å². The van der Waals surface area contributed by atoms with Crippen LogP contribution in [0.4, 0.5) is 22.0 Å². The fourth-order valence-corrected chi connectivity index (χ4v) is 3.07. The van der Waals surface area contributed by atoms with E-state index >= 15 is 0 Å². The third kappa shape index (κ3) is 5.34. The van der Waals surface area contributed by atoms with E-state index < -0.39 is 35.4 Å². The molecule has 0 radical (unpaired) electrons. The lowest BCUT2D eigenvalue weighted by molar-refractivity contribution is -0.159. The first kappa shape index (κ1) is 22.2. The van der Waals surface area contributed by atoms with Gasteiger partial charge < -0.3 is 9.47 Å². The first-order chi connectivity index (χ1) is 14.4. The van der Waals surface area contributed by atoms with Crippen LogP contribution in [-0.4, -0.2) is 19.5 Å². The number of rotatable bonds is 6. The summed E-state index contributed by atoms with van der Waals surface area (Å²) >= 11 is 0. The monoisotopic (exact) mass is 424 g/mol. The fraction of sp³-hybridized carbons (Fsp3) is 0.304. The van der Waals surface area contributed by atoms with Crippen molar-refractivity contribution in [2.45, 2.75) is 32.0 Å². The number of hydrogen-bond donors (Lipinski definition) is 0. The van der Waals surface area contributed by atoms with Gasteiger partial charge >= 0.3 is 0 Å². The Hall–Kier alpha value is -2.51. The van der Waals surface area contributed by atoms with Gasteiger partial charge in [0.15, 0.2) is 29.6 Å². The molecule has 0 aromatic heterocycles. The molecule has 2 aromatic carbocycles. The first-order valence-corrected chi connectivity index (χ1v) is 9.59. The predicted octanol–water partition coefficient (Wildman–Crippen LogP) is 6.68. The highest BCUT2D eigenvalue weighted by Gasteiger charge is 2.22. The zero-order valence-electron chi connectivity index (χ0n) is 16.3. The normalized spacial score (nSPS) is 20.5. The Bertz CT molecular complexity index is 906. The first-order valence-electron chi connectivity index (χ1n) is 9.59. The molecule has 7 heteroatoms. The highest BCUT2D eigenvalue weighted by Crippen LogP contribution is 2.28. The van der Waals surface area contributed by atoms with Gasteiger partial charge in [0.05, 0.1) is 13.2 Å². The van der Waals surface area contributed by atoms with Crippen LogP contribution in [0.25, 0.3) is 11.9 Å². The highest BCUT2D eigenvalue weighted by atomic mass is 19.2. The van der Waals surface area contributed by atoms with Crippen LogP contribution in [-0.2, 0) is 9.47 Å². The summed E-state index contributed by atoms with van der Waals surface area (Å²) in [5.74, 6) is -5.77. The lowest BCUT2D eigenvalue weighted by Crippen LogP contribution is -2.29. The lowest BCUT2D eigenvalue weighted by atomic mass is 9.98. The second-order valence-electron chi connectivity index (χ2n) is 6.98. The molecule has 1 saturated heterocycles. The summed E-state index contributed by atoms with van der Waals surface area (Å²) in [5, 5.41) is 0. The molecular formula is C23H21F5O2. The average molecular weight is 424 g/mol. The van der Waals surface area contributed by atoms with Gasteiger partial charge in [0.25, 0.3) is 0 Å². The molecule has 1 aliphatic rings. The third-order valence-corrected chi connectivity index (χ3v) is 4.72. The molecule has 1 fully saturated rings. The number of allylic oxidation sites excluding steroid dienone is 1. The van der Waals surface area contributed by atoms with Crippen molar-refractivity contribution in [2.75, 3.05) is 13.2 Å². The van der Waals surface area contributed by atoms with Gasteiger partial charge in [-0.25, -0.2) is 22.0 Å². The highest BCUT2D eigenvalue weighted by molar-refractivity contribution is 5.61. The molecular weight excluding hydrogens is 403 g/mol. The number of ether oxygens (including phenoxy) is 2. The van der Waals surface area contributed by atoms with Crippen LogP contribution in [0.1, 0.15) is 42.4 Å². The fourth-order valence-electron chi connectivity index (χ4n) is 3.07. The van der Waals surface area contributed by atoms with E-state index in [1.807, 2.05) is 0 Å². The van der Waals surface area contributed by atoms with E-state index in [0.717, 1.165) is 17.7 Å². The van der Waals surface area contributed by atoms with Gasteiger partial charge in [-0.15, -0.1) is 0 Å². The summed E-state index contributed by atoms with van der Waals surface area (Å²) < 4.78 is 78.3. The van der Waals surface area contributed by atoms with Crippen molar-refractivity contribution in [1.82, 2.24) is 0 Å². The zero-order valence-corrected chi connectivity index (χ0v) is 16.3. The van der Waals surface area contributed by atoms with Crippen LogP contribution >= 0.6 is 0 Å². The quantitative estimate of drug-likeness (QED) is 0.380. The number of hydrogen-bond acceptors (Lipinski definition) is 2. The Balaban J connectivity index is 1.58. The molecule has 0 aliphatic carbocycles. The van der Waals surface area contributed by atoms with Gasteiger partial charge in [0.2, 0.25) is 0 Å². The number of benzene rings is 2. The summed E-state index contributed by atoms with van der Waals surface area (Å²) in [4.78, 5) is 0. The maximum Gasteiger partial charge on any atom is 0.194 e. The Kier molecular flexibility index (Phi) is 7.39. The van der Waals surface area contributed by atoms with E-state index in [9.17, 15) is 22.0 Å². The summed E-state index contributed by atoms with van der Waals surface area (Å²) in [6, 6.07) is 8.18. The SMILES string of the molecule is CCCC(F)=C(F)c1ccc(C2COC(C=Cc3cc(F)c(F)c(F)c3)OC2)cc1. The van der Waals surface area contributed by atoms with Gasteiger partial charge in [-0.3, -0.25) is 0 Å². The molecule has 2 nitrogen and oxygen atoms in total. The molecule has 3 rings (SSSR count). The second kappa shape index (κ2) is 10.00. The van der Waals surface area contributed by atoms with Gasteiger partial charge in [-0.05, 0) is 35.8 Å². The molecule has 2 aromatic rings. The minimum absolute atomic E-state index is 0.0595.